The summed E-state index contributed by atoms with van der Waals surface area (Å²) in [7, 11) is 1.60. The van der Waals surface area contributed by atoms with Crippen molar-refractivity contribution in [3.63, 3.8) is 0 Å². The van der Waals surface area contributed by atoms with Crippen molar-refractivity contribution in [2.75, 3.05) is 33.3 Å². The Morgan fingerprint density at radius 1 is 1.19 bits per heavy atom. The number of carbonyl (C=O) groups is 1. The van der Waals surface area contributed by atoms with Crippen molar-refractivity contribution in [1.29, 1.82) is 0 Å². The first-order valence-electron chi connectivity index (χ1n) is 9.07. The minimum Gasteiger partial charge on any atom is -0.496 e. The number of Topliss-reactive ketones (excluding diaryl/α,β-unsaturated/α-hetero) is 1. The van der Waals surface area contributed by atoms with Crippen LogP contribution in [0.2, 0.25) is 5.02 Å². The number of nitrogens with one attached hydrogen (secondary N) is 1. The molecule has 0 bridgehead atoms. The molecule has 0 heterocycles. The highest BCUT2D eigenvalue weighted by Crippen LogP contribution is 2.26. The van der Waals surface area contributed by atoms with Crippen LogP contribution in [0.1, 0.15) is 35.8 Å². The van der Waals surface area contributed by atoms with E-state index in [9.17, 15) is 4.79 Å². The zero-order valence-electron chi connectivity index (χ0n) is 16.0. The zero-order valence-corrected chi connectivity index (χ0v) is 18.3. The Labute approximate surface area is 175 Å². The molecule has 0 saturated carbocycles. The molecule has 0 radical (unpaired) electrons. The van der Waals surface area contributed by atoms with Gasteiger partial charge in [0.15, 0.2) is 5.78 Å². The number of methoxy groups -OCH3 is 1. The lowest BCUT2D eigenvalue weighted by Crippen LogP contribution is -2.37. The second-order valence-electron chi connectivity index (χ2n) is 6.19. The number of nitrogens with zero attached hydrogens (tertiary/aromatic N) is 1. The fourth-order valence-electron chi connectivity index (χ4n) is 3.07. The second kappa shape index (κ2) is 10.8. The minimum atomic E-state index is 0.0488. The van der Waals surface area contributed by atoms with E-state index in [0.29, 0.717) is 17.9 Å². The molecule has 2 rings (SSSR count). The molecule has 4 nitrogen and oxygen atoms in total. The summed E-state index contributed by atoms with van der Waals surface area (Å²) in [5, 5.41) is 4.05. The molecule has 2 aromatic rings. The molecular weight excluding hydrogens is 428 g/mol. The third-order valence-electron chi connectivity index (χ3n) is 4.60. The molecule has 1 atom stereocenters. The third kappa shape index (κ3) is 6.04. The van der Waals surface area contributed by atoms with Gasteiger partial charge in [-0.25, -0.2) is 0 Å². The zero-order chi connectivity index (χ0) is 19.8. The molecule has 0 spiro atoms. The first kappa shape index (κ1) is 21.9. The summed E-state index contributed by atoms with van der Waals surface area (Å²) in [6.45, 7) is 7.13. The maximum atomic E-state index is 12.5. The Kier molecular flexibility index (Phi) is 8.77. The highest BCUT2D eigenvalue weighted by Gasteiger charge is 2.18. The van der Waals surface area contributed by atoms with Gasteiger partial charge in [0.1, 0.15) is 5.75 Å². The van der Waals surface area contributed by atoms with Gasteiger partial charge in [-0.1, -0.05) is 37.6 Å². The van der Waals surface area contributed by atoms with Crippen LogP contribution in [0.4, 0.5) is 0 Å². The molecule has 1 unspecified atom stereocenters. The highest BCUT2D eigenvalue weighted by atomic mass is 79.9. The number of carbonyl (C=O) groups excluding carboxylic acids is 1. The predicted octanol–water partition coefficient (Wildman–Crippen LogP) is 4.97. The van der Waals surface area contributed by atoms with Gasteiger partial charge in [-0.05, 0) is 64.9 Å². The Morgan fingerprint density at radius 3 is 2.41 bits per heavy atom. The van der Waals surface area contributed by atoms with Gasteiger partial charge in [0.2, 0.25) is 0 Å². The molecule has 6 heteroatoms. The molecule has 1 N–H and O–H groups in total. The summed E-state index contributed by atoms with van der Waals surface area (Å²) in [4.78, 5) is 14.9. The SMILES string of the molecule is CCN(CC)C(CNCC(=O)c1ccc(OC)c(Br)c1)c1ccc(Cl)cc1. The van der Waals surface area contributed by atoms with E-state index in [1.54, 1.807) is 25.3 Å². The van der Waals surface area contributed by atoms with E-state index in [1.165, 1.54) is 5.56 Å². The van der Waals surface area contributed by atoms with Gasteiger partial charge < -0.3 is 10.1 Å². The summed E-state index contributed by atoms with van der Waals surface area (Å²) in [5.74, 6) is 0.761. The molecule has 146 valence electrons. The summed E-state index contributed by atoms with van der Waals surface area (Å²) in [6.07, 6.45) is 0. The Morgan fingerprint density at radius 2 is 1.85 bits per heavy atom. The number of halogens is 2. The normalized spacial score (nSPS) is 12.2. The van der Waals surface area contributed by atoms with E-state index in [-0.39, 0.29) is 18.4 Å². The first-order valence-corrected chi connectivity index (χ1v) is 10.2. The number of ether oxygens (including phenoxy) is 1. The quantitative estimate of drug-likeness (QED) is 0.516. The largest absolute Gasteiger partial charge is 0.496 e. The van der Waals surface area contributed by atoms with Crippen LogP contribution in [0.5, 0.6) is 5.75 Å². The fraction of sp³-hybridized carbons (Fsp3) is 0.381. The fourth-order valence-corrected chi connectivity index (χ4v) is 3.74. The molecule has 0 saturated heterocycles. The predicted molar refractivity (Wildman–Crippen MR) is 115 cm³/mol. The molecule has 0 fully saturated rings. The molecule has 0 amide bonds. The van der Waals surface area contributed by atoms with Crippen molar-refractivity contribution in [3.8, 4) is 5.75 Å². The average molecular weight is 454 g/mol. The average Bonchev–Trinajstić information content (AvgIpc) is 2.68. The maximum Gasteiger partial charge on any atom is 0.176 e. The number of hydrogen-bond donors (Lipinski definition) is 1. The van der Waals surface area contributed by atoms with E-state index in [1.807, 2.05) is 12.1 Å². The van der Waals surface area contributed by atoms with E-state index in [2.05, 4.69) is 52.1 Å². The van der Waals surface area contributed by atoms with Crippen molar-refractivity contribution < 1.29 is 9.53 Å². The van der Waals surface area contributed by atoms with Crippen LogP contribution in [0, 0.1) is 0 Å². The lowest BCUT2D eigenvalue weighted by atomic mass is 10.0. The molecule has 27 heavy (non-hydrogen) atoms. The number of rotatable bonds is 10. The minimum absolute atomic E-state index is 0.0488. The van der Waals surface area contributed by atoms with Crippen molar-refractivity contribution >= 4 is 33.3 Å². The smallest absolute Gasteiger partial charge is 0.176 e. The molecule has 0 aromatic heterocycles. The van der Waals surface area contributed by atoms with E-state index < -0.39 is 0 Å². The van der Waals surface area contributed by atoms with Crippen LogP contribution >= 0.6 is 27.5 Å². The summed E-state index contributed by atoms with van der Waals surface area (Å²) >= 11 is 9.45. The highest BCUT2D eigenvalue weighted by molar-refractivity contribution is 9.10. The van der Waals surface area contributed by atoms with Crippen LogP contribution in [-0.2, 0) is 0 Å². The monoisotopic (exact) mass is 452 g/mol. The molecule has 0 aliphatic carbocycles. The number of likely N-dealkylation sites (N-methyl/N-ethyl adjacent to an activating group) is 1. The van der Waals surface area contributed by atoms with Crippen LogP contribution in [0.15, 0.2) is 46.9 Å². The van der Waals surface area contributed by atoms with Crippen molar-refractivity contribution in [2.24, 2.45) is 0 Å². The van der Waals surface area contributed by atoms with Gasteiger partial charge >= 0.3 is 0 Å². The summed E-state index contributed by atoms with van der Waals surface area (Å²) in [6, 6.07) is 13.5. The van der Waals surface area contributed by atoms with E-state index in [4.69, 9.17) is 16.3 Å². The molecule has 2 aromatic carbocycles. The Bertz CT molecular complexity index is 748. The summed E-state index contributed by atoms with van der Waals surface area (Å²) in [5.41, 5.74) is 1.84. The van der Waals surface area contributed by atoms with Crippen LogP contribution in [0.3, 0.4) is 0 Å². The van der Waals surface area contributed by atoms with Gasteiger partial charge in [0.05, 0.1) is 18.1 Å². The van der Waals surface area contributed by atoms with Gasteiger partial charge in [-0.3, -0.25) is 9.69 Å². The van der Waals surface area contributed by atoms with Crippen LogP contribution < -0.4 is 10.1 Å². The Balaban J connectivity index is 2.03. The summed E-state index contributed by atoms with van der Waals surface area (Å²) < 4.78 is 5.99. The lowest BCUT2D eigenvalue weighted by molar-refractivity contribution is 0.0986. The molecule has 0 aliphatic rings. The molecule has 0 aliphatic heterocycles. The first-order chi connectivity index (χ1) is 13.0. The number of benzene rings is 2. The van der Waals surface area contributed by atoms with Crippen LogP contribution in [0.25, 0.3) is 0 Å². The van der Waals surface area contributed by atoms with Crippen molar-refractivity contribution in [2.45, 2.75) is 19.9 Å². The molecular formula is C21H26BrClN2O2. The van der Waals surface area contributed by atoms with E-state index in [0.717, 1.165) is 22.6 Å². The van der Waals surface area contributed by atoms with Gasteiger partial charge in [0.25, 0.3) is 0 Å². The standard InChI is InChI=1S/C21H26BrClN2O2/c1-4-25(5-2)19(15-6-9-17(23)10-7-15)13-24-14-20(26)16-8-11-21(27-3)18(22)12-16/h6-12,19,24H,4-5,13-14H2,1-3H3. The van der Waals surface area contributed by atoms with Crippen molar-refractivity contribution in [1.82, 2.24) is 10.2 Å². The van der Waals surface area contributed by atoms with Gasteiger partial charge in [-0.15, -0.1) is 0 Å². The Hall–Kier alpha value is -1.40. The van der Waals surface area contributed by atoms with Gasteiger partial charge in [0, 0.05) is 23.2 Å². The van der Waals surface area contributed by atoms with Gasteiger partial charge in [-0.2, -0.15) is 0 Å². The second-order valence-corrected chi connectivity index (χ2v) is 7.48. The number of hydrogen-bond acceptors (Lipinski definition) is 4. The number of ketones is 1. The third-order valence-corrected chi connectivity index (χ3v) is 5.48. The lowest BCUT2D eigenvalue weighted by Gasteiger charge is -2.30. The van der Waals surface area contributed by atoms with Crippen LogP contribution in [-0.4, -0.2) is 44.0 Å². The van der Waals surface area contributed by atoms with Crippen molar-refractivity contribution in [3.05, 3.63) is 63.1 Å². The topological polar surface area (TPSA) is 41.6 Å². The van der Waals surface area contributed by atoms with E-state index >= 15 is 0 Å². The maximum absolute atomic E-state index is 12.5.